The fraction of sp³-hybridized carbons (Fsp3) is 0.0588. The van der Waals surface area contributed by atoms with E-state index in [1.807, 2.05) is 0 Å². The topological polar surface area (TPSA) is 98.0 Å². The van der Waals surface area contributed by atoms with Crippen LogP contribution in [0.5, 0.6) is 5.75 Å². The van der Waals surface area contributed by atoms with Crippen LogP contribution in [0.3, 0.4) is 0 Å². The van der Waals surface area contributed by atoms with Gasteiger partial charge >= 0.3 is 5.63 Å². The van der Waals surface area contributed by atoms with Crippen molar-refractivity contribution in [1.29, 1.82) is 0 Å². The molecule has 1 aromatic heterocycles. The number of fused-ring (bicyclic) bond motifs is 2. The van der Waals surface area contributed by atoms with Crippen LogP contribution in [0.4, 0.5) is 5.69 Å². The van der Waals surface area contributed by atoms with E-state index < -0.39 is 15.6 Å². The van der Waals surface area contributed by atoms with Gasteiger partial charge in [0, 0.05) is 11.5 Å². The van der Waals surface area contributed by atoms with Crippen LogP contribution in [0.25, 0.3) is 11.0 Å². The lowest BCUT2D eigenvalue weighted by Crippen LogP contribution is -2.27. The van der Waals surface area contributed by atoms with Crippen molar-refractivity contribution in [2.75, 3.05) is 12.4 Å². The Labute approximate surface area is 142 Å². The summed E-state index contributed by atoms with van der Waals surface area (Å²) in [7, 11) is -2.38. The number of nitrogens with one attached hydrogen (secondary N) is 1. The van der Waals surface area contributed by atoms with Crippen LogP contribution < -0.4 is 15.7 Å². The molecule has 3 aromatic rings. The highest BCUT2D eigenvalue weighted by atomic mass is 32.2. The van der Waals surface area contributed by atoms with Gasteiger partial charge in [-0.25, -0.2) is 4.79 Å². The van der Waals surface area contributed by atoms with Crippen molar-refractivity contribution in [3.8, 4) is 5.75 Å². The van der Waals surface area contributed by atoms with Gasteiger partial charge in [-0.15, -0.1) is 4.40 Å². The van der Waals surface area contributed by atoms with E-state index in [4.69, 9.17) is 9.15 Å². The van der Waals surface area contributed by atoms with Gasteiger partial charge in [-0.05, 0) is 30.3 Å². The highest BCUT2D eigenvalue weighted by Crippen LogP contribution is 2.28. The number of benzene rings is 2. The Morgan fingerprint density at radius 1 is 1.12 bits per heavy atom. The zero-order valence-corrected chi connectivity index (χ0v) is 13.8. The molecular formula is C17H12N2O5S. The van der Waals surface area contributed by atoms with Gasteiger partial charge in [-0.3, -0.25) is 0 Å². The summed E-state index contributed by atoms with van der Waals surface area (Å²) in [5, 5.41) is 3.50. The van der Waals surface area contributed by atoms with Gasteiger partial charge in [0.05, 0.1) is 12.8 Å². The lowest BCUT2D eigenvalue weighted by Gasteiger charge is -2.17. The van der Waals surface area contributed by atoms with Crippen LogP contribution in [-0.2, 0) is 10.0 Å². The first kappa shape index (κ1) is 15.4. The molecular weight excluding hydrogens is 344 g/mol. The molecule has 0 fully saturated rings. The molecule has 1 aliphatic heterocycles. The third-order valence-electron chi connectivity index (χ3n) is 3.83. The number of hydrogen-bond acceptors (Lipinski definition) is 6. The average Bonchev–Trinajstić information content (AvgIpc) is 2.60. The molecule has 0 aliphatic carbocycles. The Morgan fingerprint density at radius 3 is 2.72 bits per heavy atom. The van der Waals surface area contributed by atoms with Crippen molar-refractivity contribution in [3.63, 3.8) is 0 Å². The molecule has 2 aromatic carbocycles. The molecule has 2 heterocycles. The Kier molecular flexibility index (Phi) is 3.36. The summed E-state index contributed by atoms with van der Waals surface area (Å²) in [4.78, 5) is 12.4. The minimum absolute atomic E-state index is 0.0377. The fourth-order valence-electron chi connectivity index (χ4n) is 2.61. The first-order valence-electron chi connectivity index (χ1n) is 7.31. The number of methoxy groups -OCH3 is 1. The molecule has 1 N–H and O–H groups in total. The van der Waals surface area contributed by atoms with Gasteiger partial charge in [0.25, 0.3) is 10.0 Å². The van der Waals surface area contributed by atoms with E-state index in [1.54, 1.807) is 36.4 Å². The van der Waals surface area contributed by atoms with E-state index in [0.717, 1.165) is 0 Å². The molecule has 0 radical (unpaired) electrons. The minimum atomic E-state index is -3.90. The molecule has 1 aliphatic rings. The second-order valence-electron chi connectivity index (χ2n) is 5.39. The number of ether oxygens (including phenoxy) is 1. The maximum Gasteiger partial charge on any atom is 0.347 e. The van der Waals surface area contributed by atoms with Crippen LogP contribution in [0.1, 0.15) is 5.56 Å². The molecule has 0 saturated heterocycles. The normalized spacial score (nSPS) is 15.2. The van der Waals surface area contributed by atoms with Crippen molar-refractivity contribution < 1.29 is 17.6 Å². The smallest absolute Gasteiger partial charge is 0.347 e. The standard InChI is InChI=1S/C17H12N2O5S/c1-23-11-7-6-10-8-12(17(20)24-14(10)9-11)16-18-13-4-2-3-5-15(13)25(21,22)19-16/h2-9H,1H3,(H,18,19). The molecule has 7 nitrogen and oxygen atoms in total. The molecule has 0 atom stereocenters. The molecule has 0 unspecified atom stereocenters. The van der Waals surface area contributed by atoms with Crippen LogP contribution in [-0.4, -0.2) is 21.4 Å². The molecule has 0 spiro atoms. The highest BCUT2D eigenvalue weighted by molar-refractivity contribution is 7.90. The van der Waals surface area contributed by atoms with E-state index in [2.05, 4.69) is 9.71 Å². The summed E-state index contributed by atoms with van der Waals surface area (Å²) in [5.41, 5.74) is 0.0480. The Balaban J connectivity index is 1.90. The van der Waals surface area contributed by atoms with Gasteiger partial charge in [0.1, 0.15) is 21.8 Å². The van der Waals surface area contributed by atoms with E-state index in [0.29, 0.717) is 22.4 Å². The van der Waals surface area contributed by atoms with Crippen LogP contribution in [0.2, 0.25) is 0 Å². The summed E-state index contributed by atoms with van der Waals surface area (Å²) >= 11 is 0. The van der Waals surface area contributed by atoms with Crippen molar-refractivity contribution in [2.45, 2.75) is 4.90 Å². The van der Waals surface area contributed by atoms with Gasteiger partial charge in [-0.1, -0.05) is 12.1 Å². The Hall–Kier alpha value is -3.13. The Morgan fingerprint density at radius 2 is 1.92 bits per heavy atom. The summed E-state index contributed by atoms with van der Waals surface area (Å²) < 4.78 is 38.8. The van der Waals surface area contributed by atoms with Crippen LogP contribution >= 0.6 is 0 Å². The third kappa shape index (κ3) is 2.56. The number of hydrogen-bond donors (Lipinski definition) is 1. The van der Waals surface area contributed by atoms with E-state index in [9.17, 15) is 13.2 Å². The number of nitrogens with zero attached hydrogens (tertiary/aromatic N) is 1. The number of anilines is 1. The van der Waals surface area contributed by atoms with Crippen molar-refractivity contribution in [1.82, 2.24) is 0 Å². The number of sulfonamides is 1. The van der Waals surface area contributed by atoms with E-state index >= 15 is 0 Å². The van der Waals surface area contributed by atoms with Crippen molar-refractivity contribution >= 4 is 32.5 Å². The quantitative estimate of drug-likeness (QED) is 0.708. The number of amidine groups is 1. The molecule has 25 heavy (non-hydrogen) atoms. The number of para-hydroxylation sites is 1. The largest absolute Gasteiger partial charge is 0.497 e. The summed E-state index contributed by atoms with van der Waals surface area (Å²) in [5.74, 6) is 0.484. The third-order valence-corrected chi connectivity index (χ3v) is 5.16. The fourth-order valence-corrected chi connectivity index (χ4v) is 3.74. The number of rotatable bonds is 2. The molecule has 0 saturated carbocycles. The first-order chi connectivity index (χ1) is 12.0. The molecule has 0 amide bonds. The molecule has 0 bridgehead atoms. The van der Waals surface area contributed by atoms with E-state index in [-0.39, 0.29) is 16.3 Å². The van der Waals surface area contributed by atoms with Gasteiger partial charge in [0.2, 0.25) is 0 Å². The highest BCUT2D eigenvalue weighted by Gasteiger charge is 2.26. The predicted octanol–water partition coefficient (Wildman–Crippen LogP) is 2.36. The zero-order valence-electron chi connectivity index (χ0n) is 13.0. The summed E-state index contributed by atoms with van der Waals surface area (Å²) in [6, 6.07) is 12.9. The second-order valence-corrected chi connectivity index (χ2v) is 6.96. The van der Waals surface area contributed by atoms with Gasteiger partial charge in [0.15, 0.2) is 5.84 Å². The lowest BCUT2D eigenvalue weighted by molar-refractivity contribution is 0.414. The SMILES string of the molecule is COc1ccc2cc(C3=NS(=O)(=O)c4ccccc4N3)c(=O)oc2c1. The summed E-state index contributed by atoms with van der Waals surface area (Å²) in [6.45, 7) is 0. The zero-order chi connectivity index (χ0) is 17.6. The first-order valence-corrected chi connectivity index (χ1v) is 8.75. The minimum Gasteiger partial charge on any atom is -0.497 e. The van der Waals surface area contributed by atoms with Crippen molar-refractivity contribution in [3.05, 3.63) is 64.5 Å². The van der Waals surface area contributed by atoms with Gasteiger partial charge < -0.3 is 14.5 Å². The average molecular weight is 356 g/mol. The van der Waals surface area contributed by atoms with E-state index in [1.165, 1.54) is 19.2 Å². The Bertz CT molecular complexity index is 1200. The summed E-state index contributed by atoms with van der Waals surface area (Å²) in [6.07, 6.45) is 0. The maximum atomic E-state index is 12.3. The van der Waals surface area contributed by atoms with Crippen molar-refractivity contribution in [2.24, 2.45) is 4.40 Å². The second kappa shape index (κ2) is 5.45. The van der Waals surface area contributed by atoms with Crippen LogP contribution in [0.15, 0.2) is 67.0 Å². The molecule has 8 heteroatoms. The maximum absolute atomic E-state index is 12.3. The van der Waals surface area contributed by atoms with Gasteiger partial charge in [-0.2, -0.15) is 8.42 Å². The monoisotopic (exact) mass is 356 g/mol. The molecule has 126 valence electrons. The molecule has 4 rings (SSSR count). The van der Waals surface area contributed by atoms with Crippen LogP contribution in [0, 0.1) is 0 Å². The lowest BCUT2D eigenvalue weighted by atomic mass is 10.1. The predicted molar refractivity (Wildman–Crippen MR) is 92.8 cm³/mol.